The first-order valence-corrected chi connectivity index (χ1v) is 6.16. The third-order valence-electron chi connectivity index (χ3n) is 2.69. The lowest BCUT2D eigenvalue weighted by molar-refractivity contribution is 0.715. The van der Waals surface area contributed by atoms with Crippen LogP contribution in [-0.2, 0) is 0 Å². The fourth-order valence-corrected chi connectivity index (χ4v) is 2.10. The van der Waals surface area contributed by atoms with E-state index in [0.717, 1.165) is 0 Å². The van der Waals surface area contributed by atoms with Crippen molar-refractivity contribution < 1.29 is 0 Å². The minimum absolute atomic E-state index is 0.464. The van der Waals surface area contributed by atoms with Crippen molar-refractivity contribution in [2.75, 3.05) is 0 Å². The summed E-state index contributed by atoms with van der Waals surface area (Å²) in [5.74, 6) is 0.961. The quantitative estimate of drug-likeness (QED) is 0.654. The van der Waals surface area contributed by atoms with Gasteiger partial charge in [-0.3, -0.25) is 0 Å². The van der Waals surface area contributed by atoms with Crippen LogP contribution in [0.1, 0.15) is 45.1 Å². The molecule has 0 spiro atoms. The molecule has 0 aliphatic rings. The van der Waals surface area contributed by atoms with Crippen LogP contribution in [0.25, 0.3) is 0 Å². The zero-order valence-electron chi connectivity index (χ0n) is 9.86. The molecule has 0 aromatic heterocycles. The fraction of sp³-hybridized carbons (Fsp3) is 0.500. The van der Waals surface area contributed by atoms with Gasteiger partial charge in [-0.25, -0.2) is 0 Å². The SMILES string of the molecule is CCCC(C(=S)C(C)C)c1ccccc1. The number of hydrogen-bond donors (Lipinski definition) is 0. The molecule has 0 amide bonds. The summed E-state index contributed by atoms with van der Waals surface area (Å²) < 4.78 is 0. The lowest BCUT2D eigenvalue weighted by Gasteiger charge is -2.20. The highest BCUT2D eigenvalue weighted by Crippen LogP contribution is 2.26. The van der Waals surface area contributed by atoms with E-state index in [1.165, 1.54) is 23.3 Å². The Hall–Kier alpha value is -0.690. The molecule has 0 radical (unpaired) electrons. The van der Waals surface area contributed by atoms with Gasteiger partial charge in [0.15, 0.2) is 0 Å². The highest BCUT2D eigenvalue weighted by atomic mass is 32.1. The average Bonchev–Trinajstić information content (AvgIpc) is 2.26. The van der Waals surface area contributed by atoms with Crippen molar-refractivity contribution >= 4 is 17.1 Å². The van der Waals surface area contributed by atoms with Crippen molar-refractivity contribution in [2.45, 2.75) is 39.5 Å². The second-order valence-corrected chi connectivity index (χ2v) is 4.78. The average molecular weight is 220 g/mol. The van der Waals surface area contributed by atoms with Gasteiger partial charge >= 0.3 is 0 Å². The van der Waals surface area contributed by atoms with E-state index < -0.39 is 0 Å². The third kappa shape index (κ3) is 3.42. The van der Waals surface area contributed by atoms with Crippen LogP contribution < -0.4 is 0 Å². The van der Waals surface area contributed by atoms with Gasteiger partial charge in [-0.05, 0) is 17.9 Å². The van der Waals surface area contributed by atoms with E-state index >= 15 is 0 Å². The molecule has 0 fully saturated rings. The Labute approximate surface area is 98.7 Å². The van der Waals surface area contributed by atoms with Crippen molar-refractivity contribution in [1.82, 2.24) is 0 Å². The first-order chi connectivity index (χ1) is 7.16. The molecular formula is C14H20S. The summed E-state index contributed by atoms with van der Waals surface area (Å²) in [5.41, 5.74) is 1.37. The molecular weight excluding hydrogens is 200 g/mol. The maximum Gasteiger partial charge on any atom is 0.0155 e. The van der Waals surface area contributed by atoms with E-state index in [1.54, 1.807) is 0 Å². The van der Waals surface area contributed by atoms with Gasteiger partial charge in [-0.15, -0.1) is 0 Å². The van der Waals surface area contributed by atoms with Gasteiger partial charge in [0.25, 0.3) is 0 Å². The molecule has 15 heavy (non-hydrogen) atoms. The smallest absolute Gasteiger partial charge is 0.0155 e. The lowest BCUT2D eigenvalue weighted by Crippen LogP contribution is -2.15. The molecule has 1 heteroatoms. The van der Waals surface area contributed by atoms with Crippen LogP contribution in [0.3, 0.4) is 0 Å². The molecule has 0 saturated carbocycles. The van der Waals surface area contributed by atoms with Crippen molar-refractivity contribution in [3.8, 4) is 0 Å². The maximum atomic E-state index is 5.55. The Bertz CT molecular complexity index is 300. The number of hydrogen-bond acceptors (Lipinski definition) is 1. The Morgan fingerprint density at radius 3 is 2.27 bits per heavy atom. The molecule has 0 aliphatic heterocycles. The number of rotatable bonds is 5. The van der Waals surface area contributed by atoms with Crippen LogP contribution in [-0.4, -0.2) is 4.86 Å². The van der Waals surface area contributed by atoms with Crippen LogP contribution in [0.5, 0.6) is 0 Å². The van der Waals surface area contributed by atoms with Crippen LogP contribution in [0.4, 0.5) is 0 Å². The minimum Gasteiger partial charge on any atom is -0.0887 e. The molecule has 1 unspecified atom stereocenters. The minimum atomic E-state index is 0.464. The molecule has 0 N–H and O–H groups in total. The molecule has 1 rings (SSSR count). The molecule has 0 nitrogen and oxygen atoms in total. The molecule has 0 bridgehead atoms. The van der Waals surface area contributed by atoms with Gasteiger partial charge < -0.3 is 0 Å². The van der Waals surface area contributed by atoms with E-state index in [-0.39, 0.29) is 0 Å². The molecule has 1 aromatic carbocycles. The van der Waals surface area contributed by atoms with Crippen molar-refractivity contribution in [3.05, 3.63) is 35.9 Å². The standard InChI is InChI=1S/C14H20S/c1-4-8-13(14(15)11(2)3)12-9-6-5-7-10-12/h5-7,9-11,13H,4,8H2,1-3H3. The van der Waals surface area contributed by atoms with Gasteiger partial charge in [-0.2, -0.15) is 0 Å². The van der Waals surface area contributed by atoms with Crippen LogP contribution in [0.2, 0.25) is 0 Å². The summed E-state index contributed by atoms with van der Waals surface area (Å²) in [6.07, 6.45) is 2.35. The third-order valence-corrected chi connectivity index (χ3v) is 3.45. The highest BCUT2D eigenvalue weighted by Gasteiger charge is 2.17. The maximum absolute atomic E-state index is 5.55. The number of benzene rings is 1. The van der Waals surface area contributed by atoms with Crippen LogP contribution in [0.15, 0.2) is 30.3 Å². The van der Waals surface area contributed by atoms with E-state index in [0.29, 0.717) is 11.8 Å². The molecule has 0 heterocycles. The summed E-state index contributed by atoms with van der Waals surface area (Å²) >= 11 is 5.55. The number of thiocarbonyl (C=S) groups is 1. The molecule has 0 saturated heterocycles. The summed E-state index contributed by atoms with van der Waals surface area (Å²) in [6.45, 7) is 6.60. The zero-order chi connectivity index (χ0) is 11.3. The van der Waals surface area contributed by atoms with E-state index in [2.05, 4.69) is 51.1 Å². The monoisotopic (exact) mass is 220 g/mol. The second-order valence-electron chi connectivity index (χ2n) is 4.31. The predicted molar refractivity (Wildman–Crippen MR) is 71.5 cm³/mol. The summed E-state index contributed by atoms with van der Waals surface area (Å²) in [7, 11) is 0. The lowest BCUT2D eigenvalue weighted by atomic mass is 9.87. The summed E-state index contributed by atoms with van der Waals surface area (Å²) in [4.78, 5) is 1.20. The molecule has 1 atom stereocenters. The van der Waals surface area contributed by atoms with Gasteiger partial charge in [0, 0.05) is 10.8 Å². The van der Waals surface area contributed by atoms with Crippen molar-refractivity contribution in [2.24, 2.45) is 5.92 Å². The predicted octanol–water partition coefficient (Wildman–Crippen LogP) is 4.60. The van der Waals surface area contributed by atoms with Crippen LogP contribution in [0, 0.1) is 5.92 Å². The molecule has 82 valence electrons. The fourth-order valence-electron chi connectivity index (χ4n) is 1.85. The zero-order valence-corrected chi connectivity index (χ0v) is 10.7. The van der Waals surface area contributed by atoms with Gasteiger partial charge in [0.05, 0.1) is 0 Å². The van der Waals surface area contributed by atoms with E-state index in [1.807, 2.05) is 0 Å². The van der Waals surface area contributed by atoms with Crippen molar-refractivity contribution in [1.29, 1.82) is 0 Å². The van der Waals surface area contributed by atoms with E-state index in [4.69, 9.17) is 12.2 Å². The van der Waals surface area contributed by atoms with E-state index in [9.17, 15) is 0 Å². The summed E-state index contributed by atoms with van der Waals surface area (Å²) in [5, 5.41) is 0. The highest BCUT2D eigenvalue weighted by molar-refractivity contribution is 7.80. The first kappa shape index (κ1) is 12.4. The largest absolute Gasteiger partial charge is 0.0887 e. The Morgan fingerprint density at radius 1 is 1.20 bits per heavy atom. The molecule has 0 aliphatic carbocycles. The topological polar surface area (TPSA) is 0 Å². The second kappa shape index (κ2) is 6.02. The molecule has 1 aromatic rings. The Morgan fingerprint density at radius 2 is 1.80 bits per heavy atom. The first-order valence-electron chi connectivity index (χ1n) is 5.75. The summed E-state index contributed by atoms with van der Waals surface area (Å²) in [6, 6.07) is 10.6. The normalized spacial score (nSPS) is 12.8. The Kier molecular flexibility index (Phi) is 4.97. The van der Waals surface area contributed by atoms with Gasteiger partial charge in [0.2, 0.25) is 0 Å². The van der Waals surface area contributed by atoms with Gasteiger partial charge in [-0.1, -0.05) is 69.7 Å². The Balaban J connectivity index is 2.88. The van der Waals surface area contributed by atoms with Crippen molar-refractivity contribution in [3.63, 3.8) is 0 Å². The van der Waals surface area contributed by atoms with Crippen LogP contribution >= 0.6 is 12.2 Å². The van der Waals surface area contributed by atoms with Gasteiger partial charge in [0.1, 0.15) is 0 Å².